The maximum Gasteiger partial charge on any atom is 0.329 e. The quantitative estimate of drug-likeness (QED) is 0.276. The monoisotopic (exact) mass is 511 g/mol. The summed E-state index contributed by atoms with van der Waals surface area (Å²) in [5.74, 6) is -0.695. The van der Waals surface area contributed by atoms with Gasteiger partial charge in [-0.2, -0.15) is 17.0 Å². The van der Waals surface area contributed by atoms with E-state index in [1.54, 1.807) is 36.2 Å². The lowest BCUT2D eigenvalue weighted by molar-refractivity contribution is -0.150. The maximum atomic E-state index is 12.8. The molecule has 0 bridgehead atoms. The number of carbonyl (C=O) groups is 3. The Kier molecular flexibility index (Phi) is 9.64. The Balaban J connectivity index is 1.59. The number of esters is 1. The van der Waals surface area contributed by atoms with Gasteiger partial charge in [-0.05, 0) is 42.7 Å². The van der Waals surface area contributed by atoms with E-state index < -0.39 is 30.3 Å². The molecule has 0 saturated heterocycles. The summed E-state index contributed by atoms with van der Waals surface area (Å²) in [6.07, 6.45) is 2.21. The summed E-state index contributed by atoms with van der Waals surface area (Å²) in [5, 5.41) is 12.7. The average molecular weight is 512 g/mol. The van der Waals surface area contributed by atoms with E-state index in [1.165, 1.54) is 23.5 Å². The first-order valence-corrected chi connectivity index (χ1v) is 13.0. The minimum Gasteiger partial charge on any atom is -0.484 e. The lowest BCUT2D eigenvalue weighted by Crippen LogP contribution is -2.44. The van der Waals surface area contributed by atoms with E-state index in [9.17, 15) is 19.6 Å². The number of rotatable bonds is 11. The third-order valence-corrected chi connectivity index (χ3v) is 6.91. The zero-order chi connectivity index (χ0) is 25.2. The van der Waals surface area contributed by atoms with Gasteiger partial charge in [0.25, 0.3) is 5.91 Å². The molecular formula is C25H25N3O5S2. The zero-order valence-electron chi connectivity index (χ0n) is 19.4. The van der Waals surface area contributed by atoms with Crippen molar-refractivity contribution in [1.82, 2.24) is 5.32 Å². The van der Waals surface area contributed by atoms with E-state index in [0.717, 1.165) is 10.6 Å². The predicted octanol–water partition coefficient (Wildman–Crippen LogP) is 3.39. The highest BCUT2D eigenvalue weighted by Gasteiger charge is 2.29. The molecule has 0 radical (unpaired) electrons. The highest BCUT2D eigenvalue weighted by Crippen LogP contribution is 2.46. The zero-order valence-corrected chi connectivity index (χ0v) is 21.0. The van der Waals surface area contributed by atoms with Gasteiger partial charge in [0.05, 0.1) is 5.69 Å². The lowest BCUT2D eigenvalue weighted by Gasteiger charge is -2.18. The summed E-state index contributed by atoms with van der Waals surface area (Å²) in [6.45, 7) is -0.858. The van der Waals surface area contributed by atoms with Gasteiger partial charge in [-0.3, -0.25) is 9.59 Å². The molecule has 1 aliphatic heterocycles. The number of nitrogens with one attached hydrogen (secondary N) is 1. The number of thioether (sulfide) groups is 2. The highest BCUT2D eigenvalue weighted by atomic mass is 32.2. The van der Waals surface area contributed by atoms with Crippen molar-refractivity contribution >= 4 is 46.9 Å². The molecule has 0 fully saturated rings. The van der Waals surface area contributed by atoms with E-state index in [0.29, 0.717) is 23.0 Å². The SMILES string of the molecule is CSCCC(NC(=O)COc1ccccc1)C(=O)OCC(=O)/C(C#N)=C1\Sc2ccccc2N1C. The van der Waals surface area contributed by atoms with Crippen molar-refractivity contribution < 1.29 is 23.9 Å². The van der Waals surface area contributed by atoms with Crippen LogP contribution in [-0.4, -0.2) is 56.0 Å². The largest absolute Gasteiger partial charge is 0.484 e. The molecule has 35 heavy (non-hydrogen) atoms. The van der Waals surface area contributed by atoms with Crippen molar-refractivity contribution in [1.29, 1.82) is 5.26 Å². The number of amides is 1. The van der Waals surface area contributed by atoms with Crippen LogP contribution in [-0.2, 0) is 19.1 Å². The molecule has 1 unspecified atom stereocenters. The van der Waals surface area contributed by atoms with Crippen LogP contribution < -0.4 is 15.0 Å². The van der Waals surface area contributed by atoms with Crippen molar-refractivity contribution in [3.05, 3.63) is 65.2 Å². The van der Waals surface area contributed by atoms with Crippen LogP contribution in [0.2, 0.25) is 0 Å². The fourth-order valence-electron chi connectivity index (χ4n) is 3.25. The fourth-order valence-corrected chi connectivity index (χ4v) is 4.88. The number of ether oxygens (including phenoxy) is 2. The van der Waals surface area contributed by atoms with Crippen molar-refractivity contribution in [2.24, 2.45) is 0 Å². The van der Waals surface area contributed by atoms with E-state index in [2.05, 4.69) is 5.32 Å². The van der Waals surface area contributed by atoms with E-state index >= 15 is 0 Å². The van der Waals surface area contributed by atoms with Crippen LogP contribution in [0.4, 0.5) is 5.69 Å². The molecule has 1 atom stereocenters. The van der Waals surface area contributed by atoms with Crippen LogP contribution in [0.5, 0.6) is 5.75 Å². The first-order chi connectivity index (χ1) is 16.9. The molecule has 2 aromatic rings. The summed E-state index contributed by atoms with van der Waals surface area (Å²) < 4.78 is 10.6. The van der Waals surface area contributed by atoms with Crippen LogP contribution in [0, 0.1) is 11.3 Å². The van der Waals surface area contributed by atoms with Crippen LogP contribution >= 0.6 is 23.5 Å². The fraction of sp³-hybridized carbons (Fsp3) is 0.280. The van der Waals surface area contributed by atoms with Gasteiger partial charge in [-0.15, -0.1) is 0 Å². The normalized spacial score (nSPS) is 14.4. The molecular weight excluding hydrogens is 486 g/mol. The van der Waals surface area contributed by atoms with Gasteiger partial charge < -0.3 is 19.7 Å². The summed E-state index contributed by atoms with van der Waals surface area (Å²) in [5.41, 5.74) is 0.810. The Morgan fingerprint density at radius 2 is 1.83 bits per heavy atom. The molecule has 3 rings (SSSR count). The number of nitriles is 1. The number of hydrogen-bond donors (Lipinski definition) is 1. The number of nitrogens with zero attached hydrogens (tertiary/aromatic N) is 2. The number of carbonyl (C=O) groups excluding carboxylic acids is 3. The molecule has 0 aliphatic carbocycles. The average Bonchev–Trinajstić information content (AvgIpc) is 3.21. The van der Waals surface area contributed by atoms with Crippen molar-refractivity contribution in [3.63, 3.8) is 0 Å². The number of fused-ring (bicyclic) bond motifs is 1. The first kappa shape index (κ1) is 26.2. The molecule has 182 valence electrons. The Labute approximate surface area is 212 Å². The predicted molar refractivity (Wildman–Crippen MR) is 136 cm³/mol. The number of hydrogen-bond acceptors (Lipinski definition) is 9. The van der Waals surface area contributed by atoms with Gasteiger partial charge in [0.15, 0.2) is 13.2 Å². The molecule has 0 spiro atoms. The van der Waals surface area contributed by atoms with Crippen molar-refractivity contribution in [2.45, 2.75) is 17.4 Å². The van der Waals surface area contributed by atoms with Gasteiger partial charge in [0.1, 0.15) is 28.5 Å². The minimum absolute atomic E-state index is 0.0811. The number of para-hydroxylation sites is 2. The standard InChI is InChI=1S/C25H25N3O5S2/c1-28-20-10-6-7-11-22(20)35-24(28)18(14-26)21(29)15-33-25(31)19(12-13-34-2)27-23(30)16-32-17-8-4-3-5-9-17/h3-11,19H,12-13,15-16H2,1-2H3,(H,27,30)/b24-18-. The number of ketones is 1. The van der Waals surface area contributed by atoms with Crippen LogP contribution in [0.1, 0.15) is 6.42 Å². The summed E-state index contributed by atoms with van der Waals surface area (Å²) in [7, 11) is 1.77. The topological polar surface area (TPSA) is 109 Å². The first-order valence-electron chi connectivity index (χ1n) is 10.8. The molecule has 1 amide bonds. The van der Waals surface area contributed by atoms with E-state index in [4.69, 9.17) is 9.47 Å². The molecule has 10 heteroatoms. The Hall–Kier alpha value is -3.42. The summed E-state index contributed by atoms with van der Waals surface area (Å²) in [4.78, 5) is 40.5. The lowest BCUT2D eigenvalue weighted by atomic mass is 10.2. The van der Waals surface area contributed by atoms with Crippen LogP contribution in [0.25, 0.3) is 0 Å². The van der Waals surface area contributed by atoms with Crippen molar-refractivity contribution in [2.75, 3.05) is 37.2 Å². The van der Waals surface area contributed by atoms with E-state index in [1.807, 2.05) is 42.7 Å². The molecule has 2 aromatic carbocycles. The van der Waals surface area contributed by atoms with Crippen LogP contribution in [0.15, 0.2) is 70.1 Å². The smallest absolute Gasteiger partial charge is 0.329 e. The van der Waals surface area contributed by atoms with Gasteiger partial charge in [-0.1, -0.05) is 42.1 Å². The molecule has 1 N–H and O–H groups in total. The third-order valence-electron chi connectivity index (χ3n) is 5.03. The Morgan fingerprint density at radius 3 is 2.51 bits per heavy atom. The highest BCUT2D eigenvalue weighted by molar-refractivity contribution is 8.03. The van der Waals surface area contributed by atoms with Crippen LogP contribution in [0.3, 0.4) is 0 Å². The van der Waals surface area contributed by atoms with E-state index in [-0.39, 0.29) is 12.2 Å². The second-order valence-corrected chi connectivity index (χ2v) is 9.47. The second-order valence-electron chi connectivity index (χ2n) is 7.45. The third kappa shape index (κ3) is 7.04. The molecule has 8 nitrogen and oxygen atoms in total. The number of Topliss-reactive ketones (excluding diaryl/α,β-unsaturated/α-hetero) is 1. The molecule has 1 aliphatic rings. The summed E-state index contributed by atoms with van der Waals surface area (Å²) >= 11 is 2.83. The minimum atomic E-state index is -0.937. The second kappa shape index (κ2) is 12.9. The van der Waals surface area contributed by atoms with Crippen molar-refractivity contribution in [3.8, 4) is 11.8 Å². The molecule has 0 saturated carbocycles. The number of benzene rings is 2. The van der Waals surface area contributed by atoms with Gasteiger partial charge in [0.2, 0.25) is 5.78 Å². The van der Waals surface area contributed by atoms with Gasteiger partial charge in [-0.25, -0.2) is 4.79 Å². The molecule has 1 heterocycles. The Morgan fingerprint density at radius 1 is 1.11 bits per heavy atom. The van der Waals surface area contributed by atoms with Gasteiger partial charge >= 0.3 is 5.97 Å². The summed E-state index contributed by atoms with van der Waals surface area (Å²) in [6, 6.07) is 17.4. The maximum absolute atomic E-state index is 12.8. The van der Waals surface area contributed by atoms with Gasteiger partial charge in [0, 0.05) is 11.9 Å². The number of anilines is 1. The Bertz CT molecular complexity index is 1150. The molecule has 0 aromatic heterocycles.